The summed E-state index contributed by atoms with van der Waals surface area (Å²) in [7, 11) is 0. The molecule has 0 saturated heterocycles. The van der Waals surface area contributed by atoms with Crippen LogP contribution in [0.1, 0.15) is 24.1 Å². The molecule has 1 unspecified atom stereocenters. The molecule has 2 N–H and O–H groups in total. The molecule has 0 heterocycles. The van der Waals surface area contributed by atoms with Gasteiger partial charge in [-0.1, -0.05) is 29.8 Å². The summed E-state index contributed by atoms with van der Waals surface area (Å²) in [6.07, 6.45) is 0. The number of anilines is 1. The van der Waals surface area contributed by atoms with Gasteiger partial charge in [0.1, 0.15) is 0 Å². The molecular weight excluding hydrogens is 290 g/mol. The molecule has 0 radical (unpaired) electrons. The summed E-state index contributed by atoms with van der Waals surface area (Å²) in [5.41, 5.74) is 2.69. The fourth-order valence-corrected chi connectivity index (χ4v) is 2.17. The molecule has 0 aromatic heterocycles. The quantitative estimate of drug-likeness (QED) is 0.826. The molecule has 2 aromatic carbocycles. The van der Waals surface area contributed by atoms with Gasteiger partial charge in [-0.25, -0.2) is 8.78 Å². The molecule has 2 rings (SSSR count). The van der Waals surface area contributed by atoms with Crippen LogP contribution in [-0.2, 0) is 0 Å². The lowest BCUT2D eigenvalue weighted by Crippen LogP contribution is -2.30. The van der Waals surface area contributed by atoms with E-state index in [9.17, 15) is 8.78 Å². The molecule has 0 aliphatic carbocycles. The maximum Gasteiger partial charge on any atom is 0.171 e. The Bertz CT molecular complexity index is 641. The summed E-state index contributed by atoms with van der Waals surface area (Å²) in [6.45, 7) is 4.00. The van der Waals surface area contributed by atoms with Gasteiger partial charge in [0.05, 0.1) is 6.04 Å². The van der Waals surface area contributed by atoms with E-state index < -0.39 is 11.6 Å². The molecule has 110 valence electrons. The second-order valence-corrected chi connectivity index (χ2v) is 5.27. The molecule has 0 fully saturated rings. The Balaban J connectivity index is 1.97. The zero-order valence-electron chi connectivity index (χ0n) is 11.8. The SMILES string of the molecule is Cc1ccc(C(C)NC(=S)Nc2ccc(F)c(F)c2)cc1. The van der Waals surface area contributed by atoms with Crippen LogP contribution in [0.15, 0.2) is 42.5 Å². The number of halogens is 2. The lowest BCUT2D eigenvalue weighted by Gasteiger charge is -2.17. The van der Waals surface area contributed by atoms with E-state index in [0.29, 0.717) is 10.8 Å². The van der Waals surface area contributed by atoms with Gasteiger partial charge in [-0.05, 0) is 43.8 Å². The van der Waals surface area contributed by atoms with Crippen LogP contribution in [0.3, 0.4) is 0 Å². The average molecular weight is 306 g/mol. The minimum atomic E-state index is -0.908. The lowest BCUT2D eigenvalue weighted by molar-refractivity contribution is 0.509. The highest BCUT2D eigenvalue weighted by atomic mass is 32.1. The molecule has 0 saturated carbocycles. The van der Waals surface area contributed by atoms with Crippen molar-refractivity contribution in [3.8, 4) is 0 Å². The first-order valence-electron chi connectivity index (χ1n) is 6.55. The van der Waals surface area contributed by atoms with E-state index in [2.05, 4.69) is 10.6 Å². The van der Waals surface area contributed by atoms with Gasteiger partial charge in [0.25, 0.3) is 0 Å². The van der Waals surface area contributed by atoms with Crippen LogP contribution >= 0.6 is 12.2 Å². The van der Waals surface area contributed by atoms with E-state index in [-0.39, 0.29) is 6.04 Å². The molecule has 0 aliphatic rings. The number of benzene rings is 2. The van der Waals surface area contributed by atoms with E-state index in [1.807, 2.05) is 38.1 Å². The molecule has 21 heavy (non-hydrogen) atoms. The lowest BCUT2D eigenvalue weighted by atomic mass is 10.1. The van der Waals surface area contributed by atoms with E-state index in [1.54, 1.807) is 0 Å². The first-order valence-corrected chi connectivity index (χ1v) is 6.95. The highest BCUT2D eigenvalue weighted by molar-refractivity contribution is 7.80. The average Bonchev–Trinajstić information content (AvgIpc) is 2.43. The highest BCUT2D eigenvalue weighted by Gasteiger charge is 2.08. The van der Waals surface area contributed by atoms with Crippen LogP contribution in [0.2, 0.25) is 0 Å². The van der Waals surface area contributed by atoms with Gasteiger partial charge in [-0.3, -0.25) is 0 Å². The van der Waals surface area contributed by atoms with Crippen LogP contribution < -0.4 is 10.6 Å². The Hall–Kier alpha value is -2.01. The molecular formula is C16H16F2N2S. The summed E-state index contributed by atoms with van der Waals surface area (Å²) in [5, 5.41) is 6.29. The van der Waals surface area contributed by atoms with Crippen molar-refractivity contribution in [2.75, 3.05) is 5.32 Å². The number of hydrogen-bond acceptors (Lipinski definition) is 1. The minimum absolute atomic E-state index is 0.0101. The molecule has 2 aromatic rings. The second kappa shape index (κ2) is 6.63. The van der Waals surface area contributed by atoms with Crippen molar-refractivity contribution in [2.45, 2.75) is 19.9 Å². The van der Waals surface area contributed by atoms with Crippen molar-refractivity contribution in [3.63, 3.8) is 0 Å². The van der Waals surface area contributed by atoms with Gasteiger partial charge in [0.2, 0.25) is 0 Å². The first kappa shape index (κ1) is 15.4. The third kappa shape index (κ3) is 4.23. The van der Waals surface area contributed by atoms with Gasteiger partial charge >= 0.3 is 0 Å². The number of thiocarbonyl (C=S) groups is 1. The summed E-state index contributed by atoms with van der Waals surface area (Å²) < 4.78 is 26.0. The summed E-state index contributed by atoms with van der Waals surface area (Å²) in [6, 6.07) is 11.7. The predicted molar refractivity (Wildman–Crippen MR) is 85.3 cm³/mol. The van der Waals surface area contributed by atoms with Crippen LogP contribution in [0, 0.1) is 18.6 Å². The van der Waals surface area contributed by atoms with Crippen molar-refractivity contribution in [1.82, 2.24) is 5.32 Å². The van der Waals surface area contributed by atoms with Crippen molar-refractivity contribution in [2.24, 2.45) is 0 Å². The molecule has 1 atom stereocenters. The van der Waals surface area contributed by atoms with Crippen LogP contribution in [0.5, 0.6) is 0 Å². The van der Waals surface area contributed by atoms with Gasteiger partial charge < -0.3 is 10.6 Å². The standard InChI is InChI=1S/C16H16F2N2S/c1-10-3-5-12(6-4-10)11(2)19-16(21)20-13-7-8-14(17)15(18)9-13/h3-9,11H,1-2H3,(H2,19,20,21). The molecule has 0 aliphatic heterocycles. The monoisotopic (exact) mass is 306 g/mol. The third-order valence-corrected chi connectivity index (χ3v) is 3.32. The van der Waals surface area contributed by atoms with Crippen LogP contribution in [0.4, 0.5) is 14.5 Å². The van der Waals surface area contributed by atoms with Crippen molar-refractivity contribution >= 4 is 23.0 Å². The molecule has 5 heteroatoms. The van der Waals surface area contributed by atoms with E-state index in [4.69, 9.17) is 12.2 Å². The van der Waals surface area contributed by atoms with Crippen molar-refractivity contribution in [1.29, 1.82) is 0 Å². The smallest absolute Gasteiger partial charge is 0.171 e. The normalized spacial score (nSPS) is 11.8. The maximum absolute atomic E-state index is 13.1. The molecule has 0 spiro atoms. The maximum atomic E-state index is 13.1. The first-order chi connectivity index (χ1) is 9.95. The van der Waals surface area contributed by atoms with Crippen LogP contribution in [0.25, 0.3) is 0 Å². The zero-order valence-corrected chi connectivity index (χ0v) is 12.6. The largest absolute Gasteiger partial charge is 0.356 e. The summed E-state index contributed by atoms with van der Waals surface area (Å²) in [4.78, 5) is 0. The van der Waals surface area contributed by atoms with Crippen LogP contribution in [-0.4, -0.2) is 5.11 Å². The predicted octanol–water partition coefficient (Wildman–Crippen LogP) is 4.32. The number of aryl methyl sites for hydroxylation is 1. The molecule has 0 amide bonds. The number of rotatable bonds is 3. The van der Waals surface area contributed by atoms with E-state index in [0.717, 1.165) is 17.7 Å². The number of hydrogen-bond donors (Lipinski definition) is 2. The van der Waals surface area contributed by atoms with E-state index >= 15 is 0 Å². The Morgan fingerprint density at radius 3 is 2.33 bits per heavy atom. The summed E-state index contributed by atoms with van der Waals surface area (Å²) >= 11 is 5.18. The van der Waals surface area contributed by atoms with Gasteiger partial charge in [0, 0.05) is 11.8 Å². The Kier molecular flexibility index (Phi) is 4.85. The highest BCUT2D eigenvalue weighted by Crippen LogP contribution is 2.15. The van der Waals surface area contributed by atoms with Crippen molar-refractivity contribution < 1.29 is 8.78 Å². The Morgan fingerprint density at radius 2 is 1.71 bits per heavy atom. The fourth-order valence-electron chi connectivity index (χ4n) is 1.88. The number of nitrogens with one attached hydrogen (secondary N) is 2. The van der Waals surface area contributed by atoms with Gasteiger partial charge in [-0.15, -0.1) is 0 Å². The topological polar surface area (TPSA) is 24.1 Å². The fraction of sp³-hybridized carbons (Fsp3) is 0.188. The second-order valence-electron chi connectivity index (χ2n) is 4.86. The Morgan fingerprint density at radius 1 is 1.05 bits per heavy atom. The Labute approximate surface area is 128 Å². The third-order valence-electron chi connectivity index (χ3n) is 3.10. The zero-order chi connectivity index (χ0) is 15.4. The molecule has 2 nitrogen and oxygen atoms in total. The molecule has 0 bridgehead atoms. The van der Waals surface area contributed by atoms with Gasteiger partial charge in [-0.2, -0.15) is 0 Å². The van der Waals surface area contributed by atoms with Gasteiger partial charge in [0.15, 0.2) is 16.7 Å². The minimum Gasteiger partial charge on any atom is -0.356 e. The van der Waals surface area contributed by atoms with E-state index in [1.165, 1.54) is 11.6 Å². The van der Waals surface area contributed by atoms with Crippen molar-refractivity contribution in [3.05, 3.63) is 65.2 Å². The summed E-state index contributed by atoms with van der Waals surface area (Å²) in [5.74, 6) is -1.79.